The van der Waals surface area contributed by atoms with Gasteiger partial charge in [-0.15, -0.1) is 0 Å². The second-order valence-electron chi connectivity index (χ2n) is 6.84. The minimum atomic E-state index is -3.49. The Balaban J connectivity index is 1.43. The Kier molecular flexibility index (Phi) is 6.97. The molecule has 2 aromatic rings. The molecular weight excluding hydrogens is 374 g/mol. The van der Waals surface area contributed by atoms with Gasteiger partial charge in [-0.2, -0.15) is 0 Å². The lowest BCUT2D eigenvalue weighted by Gasteiger charge is -2.31. The number of sulfonamides is 1. The number of anilines is 1. The number of para-hydroxylation sites is 1. The summed E-state index contributed by atoms with van der Waals surface area (Å²) in [5.41, 5.74) is 1.62. The van der Waals surface area contributed by atoms with E-state index in [1.165, 1.54) is 5.41 Å². The van der Waals surface area contributed by atoms with Gasteiger partial charge in [0.1, 0.15) is 0 Å². The lowest BCUT2D eigenvalue weighted by atomic mass is 10.1. The van der Waals surface area contributed by atoms with Gasteiger partial charge in [-0.25, -0.2) is 13.1 Å². The number of piperidine rings is 1. The minimum absolute atomic E-state index is 0.0592. The van der Waals surface area contributed by atoms with Crippen LogP contribution in [0.3, 0.4) is 0 Å². The van der Waals surface area contributed by atoms with Crippen molar-refractivity contribution in [3.8, 4) is 0 Å². The van der Waals surface area contributed by atoms with E-state index < -0.39 is 10.0 Å². The molecule has 2 aromatic carbocycles. The first-order valence-corrected chi connectivity index (χ1v) is 10.9. The van der Waals surface area contributed by atoms with Crippen LogP contribution in [0.2, 0.25) is 0 Å². The lowest BCUT2D eigenvalue weighted by molar-refractivity contribution is -0.117. The van der Waals surface area contributed by atoms with Gasteiger partial charge in [-0.05, 0) is 36.6 Å². The van der Waals surface area contributed by atoms with Crippen LogP contribution < -0.4 is 10.0 Å². The monoisotopic (exact) mass is 399 g/mol. The highest BCUT2D eigenvalue weighted by atomic mass is 32.2. The summed E-state index contributed by atoms with van der Waals surface area (Å²) in [6.07, 6.45) is 2.94. The van der Waals surface area contributed by atoms with Crippen LogP contribution in [0.25, 0.3) is 6.08 Å². The summed E-state index contributed by atoms with van der Waals surface area (Å²) in [6.45, 7) is 1.66. The third-order valence-corrected chi connectivity index (χ3v) is 5.74. The van der Waals surface area contributed by atoms with Crippen LogP contribution in [0.4, 0.5) is 5.69 Å². The average Bonchev–Trinajstić information content (AvgIpc) is 2.69. The van der Waals surface area contributed by atoms with Crippen LogP contribution in [-0.2, 0) is 14.8 Å². The van der Waals surface area contributed by atoms with Gasteiger partial charge in [0, 0.05) is 30.2 Å². The van der Waals surface area contributed by atoms with E-state index in [-0.39, 0.29) is 11.9 Å². The van der Waals surface area contributed by atoms with Gasteiger partial charge in [0.05, 0.1) is 6.54 Å². The fourth-order valence-electron chi connectivity index (χ4n) is 3.14. The molecule has 1 heterocycles. The van der Waals surface area contributed by atoms with Crippen LogP contribution >= 0.6 is 0 Å². The third kappa shape index (κ3) is 6.60. The average molecular weight is 400 g/mol. The first-order valence-electron chi connectivity index (χ1n) is 9.33. The fourth-order valence-corrected chi connectivity index (χ4v) is 4.25. The second-order valence-corrected chi connectivity index (χ2v) is 8.44. The van der Waals surface area contributed by atoms with Crippen LogP contribution in [0.1, 0.15) is 18.4 Å². The molecule has 148 valence electrons. The zero-order valence-electron chi connectivity index (χ0n) is 15.6. The summed E-state index contributed by atoms with van der Waals surface area (Å²) in [7, 11) is -3.49. The molecule has 0 bridgehead atoms. The van der Waals surface area contributed by atoms with Gasteiger partial charge in [0.2, 0.25) is 15.9 Å². The molecule has 0 unspecified atom stereocenters. The molecule has 0 saturated carbocycles. The molecule has 7 heteroatoms. The Morgan fingerprint density at radius 2 is 1.61 bits per heavy atom. The molecule has 1 saturated heterocycles. The van der Waals surface area contributed by atoms with Crippen LogP contribution in [0.5, 0.6) is 0 Å². The molecule has 1 aliphatic heterocycles. The maximum absolute atomic E-state index is 12.3. The van der Waals surface area contributed by atoms with Crippen molar-refractivity contribution >= 4 is 27.7 Å². The van der Waals surface area contributed by atoms with E-state index in [0.29, 0.717) is 32.5 Å². The first-order chi connectivity index (χ1) is 13.5. The standard InChI is InChI=1S/C21H25N3O3S/c25-21(22-19-9-5-2-6-10-19)17-24-14-11-20(12-15-24)23-28(26,27)16-13-18-7-3-1-4-8-18/h1-10,13,16,20,23H,11-12,14-15,17H2,(H,22,25)/b16-13+. The Labute approximate surface area is 166 Å². The van der Waals surface area contributed by atoms with Crippen LogP contribution in [0, 0.1) is 0 Å². The van der Waals surface area contributed by atoms with E-state index >= 15 is 0 Å². The minimum Gasteiger partial charge on any atom is -0.325 e. The van der Waals surface area contributed by atoms with Gasteiger partial charge >= 0.3 is 0 Å². The number of hydrogen-bond acceptors (Lipinski definition) is 4. The summed E-state index contributed by atoms with van der Waals surface area (Å²) in [4.78, 5) is 14.2. The summed E-state index contributed by atoms with van der Waals surface area (Å²) in [5.74, 6) is -0.0592. The van der Waals surface area contributed by atoms with Gasteiger partial charge in [-0.1, -0.05) is 48.5 Å². The van der Waals surface area contributed by atoms with Crippen molar-refractivity contribution in [2.24, 2.45) is 0 Å². The number of hydrogen-bond donors (Lipinski definition) is 2. The number of rotatable bonds is 7. The molecular formula is C21H25N3O3S. The van der Waals surface area contributed by atoms with E-state index in [2.05, 4.69) is 10.0 Å². The summed E-state index contributed by atoms with van der Waals surface area (Å²) in [5, 5.41) is 4.08. The van der Waals surface area contributed by atoms with E-state index in [4.69, 9.17) is 0 Å². The maximum Gasteiger partial charge on any atom is 0.238 e. The topological polar surface area (TPSA) is 78.5 Å². The Morgan fingerprint density at radius 3 is 2.25 bits per heavy atom. The van der Waals surface area contributed by atoms with Crippen molar-refractivity contribution in [3.63, 3.8) is 0 Å². The molecule has 0 spiro atoms. The summed E-state index contributed by atoms with van der Waals surface area (Å²) < 4.78 is 27.3. The number of carbonyl (C=O) groups excluding carboxylic acids is 1. The maximum atomic E-state index is 12.3. The number of likely N-dealkylation sites (tertiary alicyclic amines) is 1. The highest BCUT2D eigenvalue weighted by Crippen LogP contribution is 2.13. The fraction of sp³-hybridized carbons (Fsp3) is 0.286. The molecule has 0 aromatic heterocycles. The van der Waals surface area contributed by atoms with E-state index in [9.17, 15) is 13.2 Å². The van der Waals surface area contributed by atoms with Crippen LogP contribution in [-0.4, -0.2) is 44.9 Å². The quantitative estimate of drug-likeness (QED) is 0.750. The Bertz CT molecular complexity index is 891. The molecule has 3 rings (SSSR count). The van der Waals surface area contributed by atoms with Crippen molar-refractivity contribution in [2.45, 2.75) is 18.9 Å². The number of nitrogens with one attached hydrogen (secondary N) is 2. The van der Waals surface area contributed by atoms with Crippen molar-refractivity contribution in [2.75, 3.05) is 25.0 Å². The zero-order chi connectivity index (χ0) is 19.8. The van der Waals surface area contributed by atoms with Crippen LogP contribution in [0.15, 0.2) is 66.1 Å². The lowest BCUT2D eigenvalue weighted by Crippen LogP contribution is -2.46. The van der Waals surface area contributed by atoms with Gasteiger partial charge in [-0.3, -0.25) is 9.69 Å². The molecule has 0 aliphatic carbocycles. The predicted octanol–water partition coefficient (Wildman–Crippen LogP) is 2.68. The summed E-state index contributed by atoms with van der Waals surface area (Å²) >= 11 is 0. The van der Waals surface area contributed by atoms with Gasteiger partial charge < -0.3 is 5.32 Å². The largest absolute Gasteiger partial charge is 0.325 e. The van der Waals surface area contributed by atoms with Crippen molar-refractivity contribution in [3.05, 3.63) is 71.6 Å². The molecule has 1 aliphatic rings. The normalized spacial score (nSPS) is 16.3. The molecule has 1 amide bonds. The SMILES string of the molecule is O=C(CN1CCC(NS(=O)(=O)/C=C/c2ccccc2)CC1)Nc1ccccc1. The van der Waals surface area contributed by atoms with Crippen molar-refractivity contribution < 1.29 is 13.2 Å². The summed E-state index contributed by atoms with van der Waals surface area (Å²) in [6, 6.07) is 18.6. The van der Waals surface area contributed by atoms with E-state index in [1.807, 2.05) is 65.6 Å². The van der Waals surface area contributed by atoms with Gasteiger partial charge in [0.25, 0.3) is 0 Å². The number of carbonyl (C=O) groups is 1. The van der Waals surface area contributed by atoms with E-state index in [0.717, 1.165) is 11.3 Å². The first kappa shape index (κ1) is 20.3. The molecule has 1 fully saturated rings. The molecule has 28 heavy (non-hydrogen) atoms. The number of nitrogens with zero attached hydrogens (tertiary/aromatic N) is 1. The molecule has 2 N–H and O–H groups in total. The third-order valence-electron chi connectivity index (χ3n) is 4.58. The highest BCUT2D eigenvalue weighted by molar-refractivity contribution is 7.92. The number of benzene rings is 2. The van der Waals surface area contributed by atoms with Crippen molar-refractivity contribution in [1.82, 2.24) is 9.62 Å². The van der Waals surface area contributed by atoms with Gasteiger partial charge in [0.15, 0.2) is 0 Å². The Hall–Kier alpha value is -2.48. The molecule has 6 nitrogen and oxygen atoms in total. The smallest absolute Gasteiger partial charge is 0.238 e. The predicted molar refractivity (Wildman–Crippen MR) is 112 cm³/mol. The molecule has 0 atom stereocenters. The Morgan fingerprint density at radius 1 is 1.00 bits per heavy atom. The second kappa shape index (κ2) is 9.64. The number of amides is 1. The zero-order valence-corrected chi connectivity index (χ0v) is 16.4. The van der Waals surface area contributed by atoms with E-state index in [1.54, 1.807) is 6.08 Å². The highest BCUT2D eigenvalue weighted by Gasteiger charge is 2.23. The molecule has 0 radical (unpaired) electrons. The van der Waals surface area contributed by atoms with Crippen molar-refractivity contribution in [1.29, 1.82) is 0 Å².